The lowest BCUT2D eigenvalue weighted by Crippen LogP contribution is -2.33. The van der Waals surface area contributed by atoms with Gasteiger partial charge in [0.15, 0.2) is 0 Å². The Balaban J connectivity index is 1.78. The second-order valence-electron chi connectivity index (χ2n) is 6.40. The molecule has 4 saturated carbocycles. The van der Waals surface area contributed by atoms with E-state index in [1.165, 1.54) is 19.3 Å². The fourth-order valence-corrected chi connectivity index (χ4v) is 4.73. The molecule has 2 unspecified atom stereocenters. The van der Waals surface area contributed by atoms with Crippen LogP contribution >= 0.6 is 0 Å². The summed E-state index contributed by atoms with van der Waals surface area (Å²) >= 11 is 0. The fourth-order valence-electron chi connectivity index (χ4n) is 4.73. The monoisotopic (exact) mass is 228 g/mol. The molecule has 0 spiro atoms. The van der Waals surface area contributed by atoms with Crippen molar-refractivity contribution in [2.24, 2.45) is 23.2 Å². The van der Waals surface area contributed by atoms with Gasteiger partial charge in [0, 0.05) is 13.3 Å². The van der Waals surface area contributed by atoms with Crippen LogP contribution in [0, 0.1) is 23.2 Å². The lowest BCUT2D eigenvalue weighted by Gasteiger charge is -2.33. The predicted octanol–water partition coefficient (Wildman–Crippen LogP) is 3.43. The van der Waals surface area contributed by atoms with E-state index in [9.17, 15) is 13.6 Å². The second-order valence-corrected chi connectivity index (χ2v) is 6.40. The number of alkyl halides is 2. The van der Waals surface area contributed by atoms with Gasteiger partial charge in [-0.2, -0.15) is 8.78 Å². The quantitative estimate of drug-likeness (QED) is 0.723. The van der Waals surface area contributed by atoms with E-state index in [0.29, 0.717) is 5.92 Å². The molecular weight excluding hydrogens is 210 g/mol. The summed E-state index contributed by atoms with van der Waals surface area (Å²) in [4.78, 5) is 11.5. The van der Waals surface area contributed by atoms with E-state index in [1.807, 2.05) is 0 Å². The van der Waals surface area contributed by atoms with Gasteiger partial charge in [0.05, 0.1) is 0 Å². The Kier molecular flexibility index (Phi) is 2.03. The Morgan fingerprint density at radius 1 is 1.25 bits per heavy atom. The van der Waals surface area contributed by atoms with Crippen LogP contribution in [0.25, 0.3) is 0 Å². The Hall–Kier alpha value is -0.470. The van der Waals surface area contributed by atoms with Gasteiger partial charge in [-0.05, 0) is 55.3 Å². The van der Waals surface area contributed by atoms with Gasteiger partial charge in [0.1, 0.15) is 0 Å². The maximum atomic E-state index is 13.0. The topological polar surface area (TPSA) is 17.1 Å². The molecule has 0 aliphatic heterocycles. The smallest absolute Gasteiger partial charge is 0.293 e. The standard InChI is InChI=1S/C13H18F2O/c1-12(14,15)11(16)7-13-5-8-2-9(6-13)4-10(13)3-8/h8-10H,2-7H2,1H3. The van der Waals surface area contributed by atoms with Crippen molar-refractivity contribution in [2.75, 3.05) is 0 Å². The van der Waals surface area contributed by atoms with Crippen LogP contribution in [0.15, 0.2) is 0 Å². The van der Waals surface area contributed by atoms with E-state index in [1.54, 1.807) is 0 Å². The molecule has 1 nitrogen and oxygen atoms in total. The maximum absolute atomic E-state index is 13.0. The molecule has 4 fully saturated rings. The molecule has 2 atom stereocenters. The number of hydrogen-bond acceptors (Lipinski definition) is 1. The van der Waals surface area contributed by atoms with Gasteiger partial charge in [-0.1, -0.05) is 0 Å². The van der Waals surface area contributed by atoms with Crippen LogP contribution < -0.4 is 0 Å². The molecule has 0 aromatic rings. The highest BCUT2D eigenvalue weighted by Gasteiger charge is 2.59. The first-order valence-electron chi connectivity index (χ1n) is 6.30. The predicted molar refractivity (Wildman–Crippen MR) is 56.2 cm³/mol. The minimum atomic E-state index is -3.13. The Labute approximate surface area is 94.6 Å². The SMILES string of the molecule is CC(F)(F)C(=O)CC12CC3CC(CC1C3)C2. The van der Waals surface area contributed by atoms with E-state index in [-0.39, 0.29) is 11.8 Å². The summed E-state index contributed by atoms with van der Waals surface area (Å²) in [6.07, 6.45) is 5.88. The third-order valence-corrected chi connectivity index (χ3v) is 5.16. The summed E-state index contributed by atoms with van der Waals surface area (Å²) in [6.45, 7) is 0.742. The number of halogens is 2. The number of hydrogen-bond donors (Lipinski definition) is 0. The summed E-state index contributed by atoms with van der Waals surface area (Å²) in [5.41, 5.74) is -0.0237. The maximum Gasteiger partial charge on any atom is 0.302 e. The number of ketones is 1. The molecule has 3 heteroatoms. The lowest BCUT2D eigenvalue weighted by molar-refractivity contribution is -0.143. The third-order valence-electron chi connectivity index (χ3n) is 5.16. The molecule has 0 saturated heterocycles. The largest absolute Gasteiger partial charge is 0.302 e. The lowest BCUT2D eigenvalue weighted by atomic mass is 9.72. The summed E-state index contributed by atoms with van der Waals surface area (Å²) < 4.78 is 26.0. The van der Waals surface area contributed by atoms with Crippen molar-refractivity contribution in [2.45, 2.75) is 51.4 Å². The molecule has 4 rings (SSSR count). The molecule has 4 aliphatic rings. The second kappa shape index (κ2) is 3.05. The van der Waals surface area contributed by atoms with Crippen molar-refractivity contribution in [1.29, 1.82) is 0 Å². The molecule has 0 heterocycles. The van der Waals surface area contributed by atoms with Crippen molar-refractivity contribution in [3.05, 3.63) is 0 Å². The van der Waals surface area contributed by atoms with Gasteiger partial charge in [-0.15, -0.1) is 0 Å². The normalized spacial score (nSPS) is 45.3. The Morgan fingerprint density at radius 2 is 1.81 bits per heavy atom. The molecule has 0 aromatic carbocycles. The fraction of sp³-hybridized carbons (Fsp3) is 0.923. The van der Waals surface area contributed by atoms with E-state index in [4.69, 9.17) is 0 Å². The average molecular weight is 228 g/mol. The van der Waals surface area contributed by atoms with Crippen LogP contribution in [-0.2, 0) is 4.79 Å². The van der Waals surface area contributed by atoms with Gasteiger partial charge >= 0.3 is 5.92 Å². The average Bonchev–Trinajstić information content (AvgIpc) is 2.49. The van der Waals surface area contributed by atoms with E-state index >= 15 is 0 Å². The highest BCUT2D eigenvalue weighted by molar-refractivity contribution is 5.85. The van der Waals surface area contributed by atoms with Gasteiger partial charge in [-0.3, -0.25) is 4.79 Å². The summed E-state index contributed by atoms with van der Waals surface area (Å²) in [7, 11) is 0. The first-order valence-corrected chi connectivity index (χ1v) is 6.30. The third kappa shape index (κ3) is 1.43. The highest BCUT2D eigenvalue weighted by atomic mass is 19.3. The zero-order valence-corrected chi connectivity index (χ0v) is 9.64. The van der Waals surface area contributed by atoms with Gasteiger partial charge in [-0.25, -0.2) is 0 Å². The first kappa shape index (κ1) is 10.7. The van der Waals surface area contributed by atoms with Crippen LogP contribution in [0.4, 0.5) is 8.78 Å². The molecule has 0 aromatic heterocycles. The summed E-state index contributed by atoms with van der Waals surface area (Å²) in [6, 6.07) is 0. The minimum Gasteiger partial charge on any atom is -0.293 e. The van der Waals surface area contributed by atoms with E-state index < -0.39 is 11.7 Å². The van der Waals surface area contributed by atoms with Crippen LogP contribution in [0.5, 0.6) is 0 Å². The van der Waals surface area contributed by atoms with E-state index in [2.05, 4.69) is 0 Å². The summed E-state index contributed by atoms with van der Waals surface area (Å²) in [5.74, 6) is -1.93. The molecule has 4 aliphatic carbocycles. The Bertz CT molecular complexity index is 317. The molecule has 0 radical (unpaired) electrons. The number of carbonyl (C=O) groups is 1. The number of Topliss-reactive ketones (excluding diaryl/α,β-unsaturated/α-hetero) is 1. The number of rotatable bonds is 3. The van der Waals surface area contributed by atoms with E-state index in [0.717, 1.165) is 31.6 Å². The van der Waals surface area contributed by atoms with Gasteiger partial charge < -0.3 is 0 Å². The first-order chi connectivity index (χ1) is 7.39. The molecule has 16 heavy (non-hydrogen) atoms. The molecule has 90 valence electrons. The Morgan fingerprint density at radius 3 is 2.31 bits per heavy atom. The van der Waals surface area contributed by atoms with Crippen molar-refractivity contribution in [1.82, 2.24) is 0 Å². The zero-order valence-electron chi connectivity index (χ0n) is 9.64. The highest BCUT2D eigenvalue weighted by Crippen LogP contribution is 2.67. The number of carbonyl (C=O) groups excluding carboxylic acids is 1. The zero-order chi connectivity index (χ0) is 11.6. The molecule has 0 amide bonds. The van der Waals surface area contributed by atoms with Gasteiger partial charge in [0.2, 0.25) is 5.78 Å². The van der Waals surface area contributed by atoms with Crippen molar-refractivity contribution >= 4 is 5.78 Å². The molecule has 4 bridgehead atoms. The van der Waals surface area contributed by atoms with Crippen LogP contribution in [0.3, 0.4) is 0 Å². The summed E-state index contributed by atoms with van der Waals surface area (Å²) in [5, 5.41) is 0. The van der Waals surface area contributed by atoms with Crippen molar-refractivity contribution in [3.8, 4) is 0 Å². The van der Waals surface area contributed by atoms with Gasteiger partial charge in [0.25, 0.3) is 0 Å². The molecule has 0 N–H and O–H groups in total. The van der Waals surface area contributed by atoms with Crippen LogP contribution in [0.2, 0.25) is 0 Å². The molecular formula is C13H18F2O. The van der Waals surface area contributed by atoms with Crippen LogP contribution in [0.1, 0.15) is 45.4 Å². The van der Waals surface area contributed by atoms with Crippen molar-refractivity contribution < 1.29 is 13.6 Å². The van der Waals surface area contributed by atoms with Crippen LogP contribution in [-0.4, -0.2) is 11.7 Å². The minimum absolute atomic E-state index is 0.0237. The van der Waals surface area contributed by atoms with Crippen molar-refractivity contribution in [3.63, 3.8) is 0 Å².